The van der Waals surface area contributed by atoms with Crippen LogP contribution in [0.15, 0.2) is 42.5 Å². The molecule has 6 heteroatoms. The van der Waals surface area contributed by atoms with E-state index in [-0.39, 0.29) is 17.9 Å². The number of carbonyl (C=O) groups is 1. The van der Waals surface area contributed by atoms with Gasteiger partial charge in [0.05, 0.1) is 4.92 Å². The number of nitrogens with zero attached hydrogens (tertiary/aromatic N) is 1. The van der Waals surface area contributed by atoms with Crippen LogP contribution in [0.4, 0.5) is 5.69 Å². The summed E-state index contributed by atoms with van der Waals surface area (Å²) in [5, 5.41) is 11.6. The summed E-state index contributed by atoms with van der Waals surface area (Å²) >= 11 is 11.7. The van der Waals surface area contributed by atoms with Crippen LogP contribution in [0.25, 0.3) is 0 Å². The first-order valence-electron chi connectivity index (χ1n) is 5.69. The lowest BCUT2D eigenvalue weighted by molar-refractivity contribution is -0.384. The molecule has 2 rings (SSSR count). The average molecular weight is 310 g/mol. The molecule has 2 aromatic rings. The predicted molar refractivity (Wildman–Crippen MR) is 77.6 cm³/mol. The minimum atomic E-state index is -0.521. The van der Waals surface area contributed by atoms with Crippen molar-refractivity contribution < 1.29 is 9.72 Å². The molecule has 0 N–H and O–H groups in total. The van der Waals surface area contributed by atoms with Crippen molar-refractivity contribution in [3.05, 3.63) is 73.8 Å². The molecule has 0 aliphatic heterocycles. The number of nitro benzene ring substituents is 1. The molecule has 0 atom stereocenters. The van der Waals surface area contributed by atoms with Gasteiger partial charge in [0, 0.05) is 34.2 Å². The largest absolute Gasteiger partial charge is 0.294 e. The van der Waals surface area contributed by atoms with Crippen molar-refractivity contribution in [2.24, 2.45) is 0 Å². The van der Waals surface area contributed by atoms with E-state index in [0.717, 1.165) is 0 Å². The molecule has 0 amide bonds. The summed E-state index contributed by atoms with van der Waals surface area (Å²) < 4.78 is 0. The van der Waals surface area contributed by atoms with Crippen molar-refractivity contribution in [3.63, 3.8) is 0 Å². The standard InChI is InChI=1S/C14H9Cl2NO3/c15-11-3-1-9(2-4-11)14(18)8-10-7-12(17(19)20)5-6-13(10)16/h1-7H,8H2. The van der Waals surface area contributed by atoms with Crippen LogP contribution in [0, 0.1) is 10.1 Å². The molecule has 0 bridgehead atoms. The molecule has 2 aromatic carbocycles. The Balaban J connectivity index is 2.25. The molecule has 0 fully saturated rings. The van der Waals surface area contributed by atoms with Gasteiger partial charge in [0.15, 0.2) is 5.78 Å². The second-order valence-corrected chi connectivity index (χ2v) is 4.98. The van der Waals surface area contributed by atoms with Crippen molar-refractivity contribution in [1.29, 1.82) is 0 Å². The molecule has 0 aliphatic carbocycles. The highest BCUT2D eigenvalue weighted by atomic mass is 35.5. The van der Waals surface area contributed by atoms with Crippen molar-refractivity contribution in [2.45, 2.75) is 6.42 Å². The zero-order chi connectivity index (χ0) is 14.7. The fourth-order valence-electron chi connectivity index (χ4n) is 1.72. The summed E-state index contributed by atoms with van der Waals surface area (Å²) in [6, 6.07) is 10.5. The number of rotatable bonds is 4. The molecular formula is C14H9Cl2NO3. The molecular weight excluding hydrogens is 301 g/mol. The Morgan fingerprint density at radius 3 is 2.35 bits per heavy atom. The SMILES string of the molecule is O=C(Cc1cc([N+](=O)[O-])ccc1Cl)c1ccc(Cl)cc1. The van der Waals surface area contributed by atoms with Gasteiger partial charge in [-0.25, -0.2) is 0 Å². The Labute approximate surface area is 125 Å². The number of ketones is 1. The number of hydrogen-bond donors (Lipinski definition) is 0. The highest BCUT2D eigenvalue weighted by molar-refractivity contribution is 6.31. The number of benzene rings is 2. The summed E-state index contributed by atoms with van der Waals surface area (Å²) in [5.74, 6) is -0.177. The topological polar surface area (TPSA) is 60.2 Å². The highest BCUT2D eigenvalue weighted by Crippen LogP contribution is 2.23. The Hall–Kier alpha value is -1.91. The van der Waals surface area contributed by atoms with E-state index in [1.165, 1.54) is 18.2 Å². The number of non-ortho nitro benzene ring substituents is 1. The van der Waals surface area contributed by atoms with Gasteiger partial charge in [-0.05, 0) is 35.9 Å². The molecule has 0 heterocycles. The third-order valence-corrected chi connectivity index (χ3v) is 3.38. The van der Waals surface area contributed by atoms with Crippen molar-refractivity contribution in [3.8, 4) is 0 Å². The highest BCUT2D eigenvalue weighted by Gasteiger charge is 2.14. The Morgan fingerprint density at radius 2 is 1.75 bits per heavy atom. The first-order valence-corrected chi connectivity index (χ1v) is 6.44. The predicted octanol–water partition coefficient (Wildman–Crippen LogP) is 4.33. The third-order valence-electron chi connectivity index (χ3n) is 2.76. The molecule has 0 saturated carbocycles. The minimum Gasteiger partial charge on any atom is -0.294 e. The van der Waals surface area contributed by atoms with Gasteiger partial charge in [-0.15, -0.1) is 0 Å². The summed E-state index contributed by atoms with van der Waals surface area (Å²) in [4.78, 5) is 22.3. The second-order valence-electron chi connectivity index (χ2n) is 4.14. The molecule has 0 saturated heterocycles. The lowest BCUT2D eigenvalue weighted by Gasteiger charge is -2.04. The van der Waals surface area contributed by atoms with Crippen LogP contribution in [0.5, 0.6) is 0 Å². The minimum absolute atomic E-state index is 0.00213. The Bertz CT molecular complexity index is 669. The Kier molecular flexibility index (Phi) is 4.37. The average Bonchev–Trinajstić information content (AvgIpc) is 2.41. The maximum Gasteiger partial charge on any atom is 0.269 e. The number of nitro groups is 1. The fraction of sp³-hybridized carbons (Fsp3) is 0.0714. The van der Waals surface area contributed by atoms with Crippen LogP contribution >= 0.6 is 23.2 Å². The van der Waals surface area contributed by atoms with E-state index < -0.39 is 4.92 Å². The van der Waals surface area contributed by atoms with Gasteiger partial charge in [0.1, 0.15) is 0 Å². The van der Waals surface area contributed by atoms with Gasteiger partial charge >= 0.3 is 0 Å². The van der Waals surface area contributed by atoms with Gasteiger partial charge in [-0.3, -0.25) is 14.9 Å². The lowest BCUT2D eigenvalue weighted by Crippen LogP contribution is -2.04. The van der Waals surface area contributed by atoms with Crippen LogP contribution in [0.3, 0.4) is 0 Å². The van der Waals surface area contributed by atoms with Crippen LogP contribution in [0.2, 0.25) is 10.0 Å². The monoisotopic (exact) mass is 309 g/mol. The Morgan fingerprint density at radius 1 is 1.10 bits per heavy atom. The first-order chi connectivity index (χ1) is 9.47. The third kappa shape index (κ3) is 3.35. The van der Waals surface area contributed by atoms with E-state index in [4.69, 9.17) is 23.2 Å². The van der Waals surface area contributed by atoms with Crippen LogP contribution in [0.1, 0.15) is 15.9 Å². The summed E-state index contributed by atoms with van der Waals surface area (Å²) in [5.41, 5.74) is 0.825. The number of carbonyl (C=O) groups excluding carboxylic acids is 1. The lowest BCUT2D eigenvalue weighted by atomic mass is 10.0. The summed E-state index contributed by atoms with van der Waals surface area (Å²) in [6.45, 7) is 0. The van der Waals surface area contributed by atoms with Gasteiger partial charge < -0.3 is 0 Å². The molecule has 0 aliphatic rings. The molecule has 102 valence electrons. The van der Waals surface area contributed by atoms with E-state index in [9.17, 15) is 14.9 Å². The zero-order valence-electron chi connectivity index (χ0n) is 10.2. The first kappa shape index (κ1) is 14.5. The maximum atomic E-state index is 12.1. The maximum absolute atomic E-state index is 12.1. The van der Waals surface area contributed by atoms with Crippen molar-refractivity contribution >= 4 is 34.7 Å². The quantitative estimate of drug-likeness (QED) is 0.480. The van der Waals surface area contributed by atoms with E-state index >= 15 is 0 Å². The summed E-state index contributed by atoms with van der Waals surface area (Å²) in [7, 11) is 0. The van der Waals surface area contributed by atoms with Gasteiger partial charge in [-0.2, -0.15) is 0 Å². The zero-order valence-corrected chi connectivity index (χ0v) is 11.7. The summed E-state index contributed by atoms with van der Waals surface area (Å²) in [6.07, 6.45) is 0.00213. The van der Waals surface area contributed by atoms with Crippen LogP contribution in [-0.2, 0) is 6.42 Å². The van der Waals surface area contributed by atoms with Crippen molar-refractivity contribution in [1.82, 2.24) is 0 Å². The van der Waals surface area contributed by atoms with Gasteiger partial charge in [-0.1, -0.05) is 23.2 Å². The number of hydrogen-bond acceptors (Lipinski definition) is 3. The normalized spacial score (nSPS) is 10.3. The van der Waals surface area contributed by atoms with Crippen molar-refractivity contribution in [2.75, 3.05) is 0 Å². The second kappa shape index (κ2) is 6.03. The molecule has 20 heavy (non-hydrogen) atoms. The van der Waals surface area contributed by atoms with Gasteiger partial charge in [0.2, 0.25) is 0 Å². The molecule has 0 radical (unpaired) electrons. The molecule has 4 nitrogen and oxygen atoms in total. The van der Waals surface area contributed by atoms with E-state index in [1.54, 1.807) is 24.3 Å². The number of Topliss-reactive ketones (excluding diaryl/α,β-unsaturated/α-hetero) is 1. The molecule has 0 spiro atoms. The smallest absolute Gasteiger partial charge is 0.269 e. The van der Waals surface area contributed by atoms with Crippen LogP contribution < -0.4 is 0 Å². The number of halogens is 2. The van der Waals surface area contributed by atoms with Gasteiger partial charge in [0.25, 0.3) is 5.69 Å². The van der Waals surface area contributed by atoms with Crippen LogP contribution in [-0.4, -0.2) is 10.7 Å². The van der Waals surface area contributed by atoms with E-state index in [2.05, 4.69) is 0 Å². The van der Waals surface area contributed by atoms with E-state index in [1.807, 2.05) is 0 Å². The molecule has 0 unspecified atom stereocenters. The molecule has 0 aromatic heterocycles. The van der Waals surface area contributed by atoms with E-state index in [0.29, 0.717) is 21.2 Å². The fourth-order valence-corrected chi connectivity index (χ4v) is 2.03.